The number of benzene rings is 3. The van der Waals surface area contributed by atoms with Crippen LogP contribution in [0, 0.1) is 5.92 Å². The summed E-state index contributed by atoms with van der Waals surface area (Å²) in [5.41, 5.74) is 0.927. The number of ether oxygens (including phenoxy) is 2. The van der Waals surface area contributed by atoms with Gasteiger partial charge < -0.3 is 19.7 Å². The van der Waals surface area contributed by atoms with Gasteiger partial charge in [-0.25, -0.2) is 8.42 Å². The lowest BCUT2D eigenvalue weighted by atomic mass is 10.1. The summed E-state index contributed by atoms with van der Waals surface area (Å²) in [7, 11) is -2.72. The molecule has 3 aromatic rings. The summed E-state index contributed by atoms with van der Waals surface area (Å²) >= 11 is 6.04. The highest BCUT2D eigenvalue weighted by molar-refractivity contribution is 7.92. The molecule has 0 radical (unpaired) electrons. The average Bonchev–Trinajstić information content (AvgIpc) is 2.99. The van der Waals surface area contributed by atoms with Crippen LogP contribution < -0.4 is 19.1 Å². The largest absolute Gasteiger partial charge is 0.497 e. The number of carbonyl (C=O) groups is 2. The normalized spacial score (nSPS) is 12.0. The third kappa shape index (κ3) is 8.87. The summed E-state index contributed by atoms with van der Waals surface area (Å²) in [4.78, 5) is 29.1. The summed E-state index contributed by atoms with van der Waals surface area (Å²) in [6.07, 6.45) is 0.319. The minimum absolute atomic E-state index is 0.0444. The van der Waals surface area contributed by atoms with Gasteiger partial charge in [-0.3, -0.25) is 13.9 Å². The molecule has 0 aliphatic carbocycles. The van der Waals surface area contributed by atoms with Gasteiger partial charge in [0.2, 0.25) is 11.8 Å². The number of anilines is 1. The maximum atomic E-state index is 14.3. The van der Waals surface area contributed by atoms with Crippen molar-refractivity contribution in [2.45, 2.75) is 51.6 Å². The van der Waals surface area contributed by atoms with Crippen molar-refractivity contribution in [3.8, 4) is 11.5 Å². The molecule has 0 saturated carbocycles. The van der Waals surface area contributed by atoms with E-state index in [1.165, 1.54) is 29.2 Å². The van der Waals surface area contributed by atoms with Crippen molar-refractivity contribution in [1.29, 1.82) is 0 Å². The molecular weight excluding hydrogens is 590 g/mol. The quantitative estimate of drug-likeness (QED) is 0.237. The first-order chi connectivity index (χ1) is 20.5. The summed E-state index contributed by atoms with van der Waals surface area (Å²) in [6, 6.07) is 18.7. The standard InChI is InChI=1S/C32H40ClN3O6S/c1-6-28(32(38)34-20-23(3)4)35(21-24-11-10-12-26(19-24)41-5)31(37)22-36(29-13-8-9-14-30(29)42-7-2)43(39,40)27-17-15-25(33)16-18-27/h8-19,23,28H,6-7,20-22H2,1-5H3,(H,34,38). The average molecular weight is 630 g/mol. The molecule has 3 rings (SSSR count). The third-order valence-corrected chi connectivity index (χ3v) is 8.70. The van der Waals surface area contributed by atoms with Crippen molar-refractivity contribution in [2.24, 2.45) is 5.92 Å². The highest BCUT2D eigenvalue weighted by atomic mass is 35.5. The van der Waals surface area contributed by atoms with Crippen molar-refractivity contribution >= 4 is 39.1 Å². The van der Waals surface area contributed by atoms with Gasteiger partial charge in [0.15, 0.2) is 0 Å². The minimum atomic E-state index is -4.27. The van der Waals surface area contributed by atoms with Crippen LogP contribution in [0.25, 0.3) is 0 Å². The van der Waals surface area contributed by atoms with E-state index in [1.54, 1.807) is 56.5 Å². The Morgan fingerprint density at radius 3 is 2.30 bits per heavy atom. The molecule has 1 N–H and O–H groups in total. The van der Waals surface area contributed by atoms with Crippen LogP contribution in [0.5, 0.6) is 11.5 Å². The van der Waals surface area contributed by atoms with E-state index in [0.29, 0.717) is 29.5 Å². The van der Waals surface area contributed by atoms with Gasteiger partial charge >= 0.3 is 0 Å². The first kappa shape index (κ1) is 33.7. The highest BCUT2D eigenvalue weighted by Gasteiger charge is 2.34. The highest BCUT2D eigenvalue weighted by Crippen LogP contribution is 2.33. The number of amides is 2. The molecule has 0 aromatic heterocycles. The third-order valence-electron chi connectivity index (χ3n) is 6.67. The zero-order valence-electron chi connectivity index (χ0n) is 25.2. The number of rotatable bonds is 15. The molecule has 0 aliphatic rings. The minimum Gasteiger partial charge on any atom is -0.497 e. The second-order valence-corrected chi connectivity index (χ2v) is 12.6. The molecule has 0 heterocycles. The van der Waals surface area contributed by atoms with Crippen LogP contribution in [-0.4, -0.2) is 58.0 Å². The number of hydrogen-bond donors (Lipinski definition) is 1. The van der Waals surface area contributed by atoms with E-state index in [1.807, 2.05) is 26.8 Å². The molecule has 0 fully saturated rings. The second-order valence-electron chi connectivity index (χ2n) is 10.3. The zero-order chi connectivity index (χ0) is 31.6. The maximum absolute atomic E-state index is 14.3. The molecule has 0 bridgehead atoms. The number of nitrogens with one attached hydrogen (secondary N) is 1. The molecule has 232 valence electrons. The van der Waals surface area contributed by atoms with Crippen molar-refractivity contribution in [2.75, 3.05) is 31.1 Å². The number of carbonyl (C=O) groups excluding carboxylic acids is 2. The van der Waals surface area contributed by atoms with E-state index in [4.69, 9.17) is 21.1 Å². The Balaban J connectivity index is 2.11. The topological polar surface area (TPSA) is 105 Å². The predicted molar refractivity (Wildman–Crippen MR) is 169 cm³/mol. The van der Waals surface area contributed by atoms with Gasteiger partial charge in [0.05, 0.1) is 24.3 Å². The smallest absolute Gasteiger partial charge is 0.264 e. The number of halogens is 1. The molecule has 0 aliphatic heterocycles. The van der Waals surface area contributed by atoms with E-state index in [-0.39, 0.29) is 35.6 Å². The SMILES string of the molecule is CCOc1ccccc1N(CC(=O)N(Cc1cccc(OC)c1)C(CC)C(=O)NCC(C)C)S(=O)(=O)c1ccc(Cl)cc1. The van der Waals surface area contributed by atoms with Crippen LogP contribution >= 0.6 is 11.6 Å². The Kier molecular flexibility index (Phi) is 12.3. The van der Waals surface area contributed by atoms with Gasteiger partial charge in [0.1, 0.15) is 24.1 Å². The summed E-state index contributed by atoms with van der Waals surface area (Å²) in [5.74, 6) is 0.239. The van der Waals surface area contributed by atoms with Gasteiger partial charge in [-0.1, -0.05) is 56.6 Å². The van der Waals surface area contributed by atoms with Gasteiger partial charge in [0, 0.05) is 18.1 Å². The van der Waals surface area contributed by atoms with Crippen LogP contribution in [-0.2, 0) is 26.2 Å². The fourth-order valence-electron chi connectivity index (χ4n) is 4.50. The Hall–Kier alpha value is -3.76. The fraction of sp³-hybridized carbons (Fsp3) is 0.375. The first-order valence-electron chi connectivity index (χ1n) is 14.2. The Labute approximate surface area is 259 Å². The van der Waals surface area contributed by atoms with Crippen LogP contribution in [0.3, 0.4) is 0 Å². The van der Waals surface area contributed by atoms with E-state index in [0.717, 1.165) is 9.87 Å². The summed E-state index contributed by atoms with van der Waals surface area (Å²) < 4.78 is 40.4. The van der Waals surface area contributed by atoms with Crippen molar-refractivity contribution in [3.63, 3.8) is 0 Å². The van der Waals surface area contributed by atoms with Crippen LogP contribution in [0.4, 0.5) is 5.69 Å². The summed E-state index contributed by atoms with van der Waals surface area (Å²) in [6.45, 7) is 7.78. The van der Waals surface area contributed by atoms with E-state index < -0.39 is 28.5 Å². The Morgan fingerprint density at radius 1 is 0.977 bits per heavy atom. The van der Waals surface area contributed by atoms with Crippen LogP contribution in [0.1, 0.15) is 39.7 Å². The summed E-state index contributed by atoms with van der Waals surface area (Å²) in [5, 5.41) is 3.30. The van der Waals surface area contributed by atoms with E-state index >= 15 is 0 Å². The molecule has 3 aromatic carbocycles. The molecule has 0 saturated heterocycles. The van der Waals surface area contributed by atoms with E-state index in [2.05, 4.69) is 5.32 Å². The van der Waals surface area contributed by atoms with Crippen LogP contribution in [0.15, 0.2) is 77.7 Å². The van der Waals surface area contributed by atoms with Gasteiger partial charge in [-0.05, 0) is 73.4 Å². The molecule has 43 heavy (non-hydrogen) atoms. The first-order valence-corrected chi connectivity index (χ1v) is 16.0. The van der Waals surface area contributed by atoms with Gasteiger partial charge in [0.25, 0.3) is 10.0 Å². The second kappa shape index (κ2) is 15.6. The maximum Gasteiger partial charge on any atom is 0.264 e. The molecule has 0 spiro atoms. The molecule has 9 nitrogen and oxygen atoms in total. The monoisotopic (exact) mass is 629 g/mol. The number of methoxy groups -OCH3 is 1. The molecular formula is C32H40ClN3O6S. The lowest BCUT2D eigenvalue weighted by molar-refractivity contribution is -0.140. The molecule has 2 amide bonds. The van der Waals surface area contributed by atoms with Gasteiger partial charge in [-0.15, -0.1) is 0 Å². The predicted octanol–water partition coefficient (Wildman–Crippen LogP) is 5.52. The lowest BCUT2D eigenvalue weighted by Gasteiger charge is -2.33. The molecule has 11 heteroatoms. The Morgan fingerprint density at radius 2 is 1.67 bits per heavy atom. The number of nitrogens with zero attached hydrogens (tertiary/aromatic N) is 2. The molecule has 1 atom stereocenters. The van der Waals surface area contributed by atoms with Crippen molar-refractivity contribution in [3.05, 3.63) is 83.4 Å². The van der Waals surface area contributed by atoms with Crippen molar-refractivity contribution < 1.29 is 27.5 Å². The van der Waals surface area contributed by atoms with Crippen LogP contribution in [0.2, 0.25) is 5.02 Å². The fourth-order valence-corrected chi connectivity index (χ4v) is 6.05. The van der Waals surface area contributed by atoms with Gasteiger partial charge in [-0.2, -0.15) is 0 Å². The number of para-hydroxylation sites is 2. The molecule has 1 unspecified atom stereocenters. The number of hydrogen-bond acceptors (Lipinski definition) is 6. The zero-order valence-corrected chi connectivity index (χ0v) is 26.8. The van der Waals surface area contributed by atoms with Crippen molar-refractivity contribution in [1.82, 2.24) is 10.2 Å². The Bertz CT molecular complexity index is 1480. The lowest BCUT2D eigenvalue weighted by Crippen LogP contribution is -2.52. The van der Waals surface area contributed by atoms with E-state index in [9.17, 15) is 18.0 Å². The number of sulfonamides is 1.